The van der Waals surface area contributed by atoms with Crippen LogP contribution in [0.2, 0.25) is 0 Å². The molecule has 1 atom stereocenters. The van der Waals surface area contributed by atoms with Crippen LogP contribution in [-0.2, 0) is 14.3 Å². The molecule has 1 fully saturated rings. The van der Waals surface area contributed by atoms with Crippen LogP contribution in [0, 0.1) is 16.0 Å². The molecule has 1 aromatic carbocycles. The fourth-order valence-electron chi connectivity index (χ4n) is 3.03. The number of hydrogen-bond donors (Lipinski definition) is 1. The van der Waals surface area contributed by atoms with Gasteiger partial charge in [0.15, 0.2) is 0 Å². The fourth-order valence-corrected chi connectivity index (χ4v) is 3.03. The summed E-state index contributed by atoms with van der Waals surface area (Å²) in [7, 11) is 1.27. The molecule has 0 spiro atoms. The molecule has 0 aromatic heterocycles. The molecule has 1 aliphatic heterocycles. The van der Waals surface area contributed by atoms with Crippen molar-refractivity contribution >= 4 is 29.3 Å². The Morgan fingerprint density at radius 1 is 1.46 bits per heavy atom. The Kier molecular flexibility index (Phi) is 6.71. The summed E-state index contributed by atoms with van der Waals surface area (Å²) in [6, 6.07) is 4.89. The SMILES string of the molecule is COC(=O)/C=C/c1ccc(N2CCCC(CNC(C)=O)C2)c([N+](=O)[O-])c1. The maximum absolute atomic E-state index is 11.5. The van der Waals surface area contributed by atoms with E-state index in [2.05, 4.69) is 10.1 Å². The highest BCUT2D eigenvalue weighted by molar-refractivity contribution is 5.87. The monoisotopic (exact) mass is 361 g/mol. The Labute approximate surface area is 152 Å². The number of nitrogens with one attached hydrogen (secondary N) is 1. The van der Waals surface area contributed by atoms with E-state index in [1.165, 1.54) is 32.3 Å². The molecular weight excluding hydrogens is 338 g/mol. The summed E-state index contributed by atoms with van der Waals surface area (Å²) < 4.78 is 4.52. The number of nitrogens with zero attached hydrogens (tertiary/aromatic N) is 2. The van der Waals surface area contributed by atoms with Crippen molar-refractivity contribution in [1.29, 1.82) is 0 Å². The van der Waals surface area contributed by atoms with Crippen LogP contribution in [0.3, 0.4) is 0 Å². The lowest BCUT2D eigenvalue weighted by atomic mass is 9.97. The van der Waals surface area contributed by atoms with Crippen molar-refractivity contribution in [1.82, 2.24) is 5.32 Å². The molecule has 1 N–H and O–H groups in total. The van der Waals surface area contributed by atoms with Gasteiger partial charge in [-0.2, -0.15) is 0 Å². The average Bonchev–Trinajstić information content (AvgIpc) is 2.64. The van der Waals surface area contributed by atoms with Crippen LogP contribution in [0.15, 0.2) is 24.3 Å². The lowest BCUT2D eigenvalue weighted by molar-refractivity contribution is -0.384. The maximum Gasteiger partial charge on any atom is 0.330 e. The average molecular weight is 361 g/mol. The molecule has 1 unspecified atom stereocenters. The second-order valence-corrected chi connectivity index (χ2v) is 6.25. The molecule has 26 heavy (non-hydrogen) atoms. The number of esters is 1. The van der Waals surface area contributed by atoms with Gasteiger partial charge in [-0.3, -0.25) is 14.9 Å². The summed E-state index contributed by atoms with van der Waals surface area (Å²) in [6.07, 6.45) is 4.59. The van der Waals surface area contributed by atoms with E-state index in [0.717, 1.165) is 19.4 Å². The molecule has 1 aliphatic rings. The second kappa shape index (κ2) is 8.98. The smallest absolute Gasteiger partial charge is 0.330 e. The number of methoxy groups -OCH3 is 1. The van der Waals surface area contributed by atoms with Gasteiger partial charge in [-0.1, -0.05) is 6.07 Å². The van der Waals surface area contributed by atoms with Crippen LogP contribution in [0.25, 0.3) is 6.08 Å². The van der Waals surface area contributed by atoms with Crippen LogP contribution >= 0.6 is 0 Å². The molecule has 8 heteroatoms. The number of carbonyl (C=O) groups is 2. The number of anilines is 1. The van der Waals surface area contributed by atoms with Crippen LogP contribution in [0.4, 0.5) is 11.4 Å². The zero-order valence-electron chi connectivity index (χ0n) is 14.9. The van der Waals surface area contributed by atoms with E-state index in [9.17, 15) is 19.7 Å². The van der Waals surface area contributed by atoms with Gasteiger partial charge in [-0.05, 0) is 36.5 Å². The van der Waals surface area contributed by atoms with Crippen molar-refractivity contribution in [3.8, 4) is 0 Å². The first-order valence-corrected chi connectivity index (χ1v) is 8.44. The Morgan fingerprint density at radius 2 is 2.23 bits per heavy atom. The van der Waals surface area contributed by atoms with Crippen molar-refractivity contribution in [2.75, 3.05) is 31.6 Å². The minimum Gasteiger partial charge on any atom is -0.466 e. The standard InChI is InChI=1S/C18H23N3O5/c1-13(22)19-11-15-4-3-9-20(12-15)16-7-5-14(6-8-18(23)26-2)10-17(16)21(24)25/h5-8,10,15H,3-4,9,11-12H2,1-2H3,(H,19,22)/b8-6+. The van der Waals surface area contributed by atoms with Crippen molar-refractivity contribution in [2.45, 2.75) is 19.8 Å². The van der Waals surface area contributed by atoms with Gasteiger partial charge in [-0.15, -0.1) is 0 Å². The van der Waals surface area contributed by atoms with Gasteiger partial charge in [-0.25, -0.2) is 4.79 Å². The first-order valence-electron chi connectivity index (χ1n) is 8.44. The third-order valence-electron chi connectivity index (χ3n) is 4.31. The second-order valence-electron chi connectivity index (χ2n) is 6.25. The molecule has 0 radical (unpaired) electrons. The number of ether oxygens (including phenoxy) is 1. The molecule has 2 rings (SSSR count). The first-order chi connectivity index (χ1) is 12.4. The number of carbonyl (C=O) groups excluding carboxylic acids is 2. The van der Waals surface area contributed by atoms with E-state index < -0.39 is 10.9 Å². The normalized spacial score (nSPS) is 17.2. The molecular formula is C18H23N3O5. The predicted octanol–water partition coefficient (Wildman–Crippen LogP) is 2.13. The highest BCUT2D eigenvalue weighted by atomic mass is 16.6. The van der Waals surface area contributed by atoms with Crippen molar-refractivity contribution < 1.29 is 19.2 Å². The summed E-state index contributed by atoms with van der Waals surface area (Å²) in [5.74, 6) is -0.338. The van der Waals surface area contributed by atoms with Gasteiger partial charge in [0.25, 0.3) is 5.69 Å². The first kappa shape index (κ1) is 19.4. The van der Waals surface area contributed by atoms with Crippen molar-refractivity contribution in [3.63, 3.8) is 0 Å². The molecule has 0 bridgehead atoms. The summed E-state index contributed by atoms with van der Waals surface area (Å²) in [5.41, 5.74) is 1.10. The predicted molar refractivity (Wildman–Crippen MR) is 97.8 cm³/mol. The Hall–Kier alpha value is -2.90. The molecule has 0 saturated carbocycles. The Morgan fingerprint density at radius 3 is 2.88 bits per heavy atom. The van der Waals surface area contributed by atoms with E-state index in [0.29, 0.717) is 24.3 Å². The lowest BCUT2D eigenvalue weighted by Gasteiger charge is -2.34. The third-order valence-corrected chi connectivity index (χ3v) is 4.31. The van der Waals surface area contributed by atoms with Gasteiger partial charge in [0.1, 0.15) is 5.69 Å². The molecule has 1 aromatic rings. The van der Waals surface area contributed by atoms with E-state index >= 15 is 0 Å². The van der Waals surface area contributed by atoms with Crippen LogP contribution in [0.1, 0.15) is 25.3 Å². The maximum atomic E-state index is 11.5. The number of hydrogen-bond acceptors (Lipinski definition) is 6. The molecule has 0 aliphatic carbocycles. The van der Waals surface area contributed by atoms with Crippen LogP contribution in [0.5, 0.6) is 0 Å². The number of benzene rings is 1. The van der Waals surface area contributed by atoms with E-state index in [1.807, 2.05) is 4.90 Å². The molecule has 1 amide bonds. The Bertz CT molecular complexity index is 717. The van der Waals surface area contributed by atoms with Gasteiger partial charge >= 0.3 is 5.97 Å². The summed E-state index contributed by atoms with van der Waals surface area (Å²) >= 11 is 0. The quantitative estimate of drug-likeness (QED) is 0.360. The van der Waals surface area contributed by atoms with Crippen LogP contribution in [-0.4, -0.2) is 43.5 Å². The number of rotatable bonds is 6. The van der Waals surface area contributed by atoms with E-state index in [1.54, 1.807) is 12.1 Å². The van der Waals surface area contributed by atoms with Gasteiger partial charge in [0.05, 0.1) is 12.0 Å². The number of nitro groups is 1. The molecule has 1 heterocycles. The minimum atomic E-state index is -0.520. The summed E-state index contributed by atoms with van der Waals surface area (Å²) in [4.78, 5) is 35.4. The largest absolute Gasteiger partial charge is 0.466 e. The lowest BCUT2D eigenvalue weighted by Crippen LogP contribution is -2.40. The fraction of sp³-hybridized carbons (Fsp3) is 0.444. The van der Waals surface area contributed by atoms with Gasteiger partial charge in [0.2, 0.25) is 5.91 Å². The molecule has 140 valence electrons. The van der Waals surface area contributed by atoms with E-state index in [4.69, 9.17) is 0 Å². The Balaban J connectivity index is 2.19. The summed E-state index contributed by atoms with van der Waals surface area (Å²) in [6.45, 7) is 3.43. The highest BCUT2D eigenvalue weighted by Gasteiger charge is 2.25. The van der Waals surface area contributed by atoms with Gasteiger partial charge in [0, 0.05) is 38.7 Å². The zero-order valence-corrected chi connectivity index (χ0v) is 14.9. The van der Waals surface area contributed by atoms with Gasteiger partial charge < -0.3 is 15.0 Å². The number of piperidine rings is 1. The number of amides is 1. The topological polar surface area (TPSA) is 102 Å². The van der Waals surface area contributed by atoms with Crippen LogP contribution < -0.4 is 10.2 Å². The zero-order chi connectivity index (χ0) is 19.1. The highest BCUT2D eigenvalue weighted by Crippen LogP contribution is 2.32. The number of nitro benzene ring substituents is 1. The molecule has 8 nitrogen and oxygen atoms in total. The minimum absolute atomic E-state index is 0.00260. The third kappa shape index (κ3) is 5.30. The molecule has 1 saturated heterocycles. The van der Waals surface area contributed by atoms with E-state index in [-0.39, 0.29) is 17.5 Å². The summed E-state index contributed by atoms with van der Waals surface area (Å²) in [5, 5.41) is 14.3. The van der Waals surface area contributed by atoms with Crippen molar-refractivity contribution in [2.24, 2.45) is 5.92 Å². The van der Waals surface area contributed by atoms with Crippen molar-refractivity contribution in [3.05, 3.63) is 40.0 Å².